The Bertz CT molecular complexity index is 268. The van der Waals surface area contributed by atoms with Gasteiger partial charge in [0.15, 0.2) is 0 Å². The fourth-order valence-corrected chi connectivity index (χ4v) is 1.74. The summed E-state index contributed by atoms with van der Waals surface area (Å²) in [4.78, 5) is 5.30. The number of nitrogens with two attached hydrogens (primary N) is 1. The lowest BCUT2D eigenvalue weighted by Gasteiger charge is -2.32. The molecule has 1 rings (SSSR count). The summed E-state index contributed by atoms with van der Waals surface area (Å²) in [5.41, 5.74) is 5.53. The summed E-state index contributed by atoms with van der Waals surface area (Å²) in [7, 11) is 0. The molecule has 0 unspecified atom stereocenters. The third-order valence-electron chi connectivity index (χ3n) is 2.87. The molecule has 5 heteroatoms. The van der Waals surface area contributed by atoms with Crippen LogP contribution < -0.4 is 5.73 Å². The van der Waals surface area contributed by atoms with Gasteiger partial charge in [-0.05, 0) is 32.9 Å². The van der Waals surface area contributed by atoms with Gasteiger partial charge in [0.2, 0.25) is 0 Å². The minimum atomic E-state index is -2.88. The van der Waals surface area contributed by atoms with Gasteiger partial charge < -0.3 is 5.73 Å². The number of rotatable bonds is 4. The molecule has 1 saturated heterocycles. The highest BCUT2D eigenvalue weighted by Gasteiger charge is 2.35. The summed E-state index contributed by atoms with van der Waals surface area (Å²) in [6.45, 7) is 5.65. The maximum Gasteiger partial charge on any atom is 0.298 e. The highest BCUT2D eigenvalue weighted by atomic mass is 19.3. The Hall–Kier alpha value is -0.810. The summed E-state index contributed by atoms with van der Waals surface area (Å²) in [6.07, 6.45) is 2.72. The second-order valence-corrected chi connectivity index (χ2v) is 4.22. The first-order valence-corrected chi connectivity index (χ1v) is 5.47. The smallest absolute Gasteiger partial charge is 0.298 e. The standard InChI is InChI=1S/C11H19F2N3/c1-3-15-9(2)11(12,13)8-16-6-4-10(14)5-7-16/h3,10H,1,4-8,14H2,2H3. The lowest BCUT2D eigenvalue weighted by Crippen LogP contribution is -2.47. The summed E-state index contributed by atoms with van der Waals surface area (Å²) >= 11 is 0. The highest BCUT2D eigenvalue weighted by Crippen LogP contribution is 2.20. The number of nitrogens with zero attached hydrogens (tertiary/aromatic N) is 2. The topological polar surface area (TPSA) is 41.6 Å². The van der Waals surface area contributed by atoms with Gasteiger partial charge in [-0.15, -0.1) is 0 Å². The number of hydrogen-bond acceptors (Lipinski definition) is 3. The highest BCUT2D eigenvalue weighted by molar-refractivity contribution is 5.89. The molecule has 0 amide bonds. The predicted molar refractivity (Wildman–Crippen MR) is 61.9 cm³/mol. The lowest BCUT2D eigenvalue weighted by atomic mass is 10.1. The van der Waals surface area contributed by atoms with E-state index in [1.165, 1.54) is 6.92 Å². The molecule has 0 aromatic rings. The van der Waals surface area contributed by atoms with Crippen molar-refractivity contribution in [3.63, 3.8) is 0 Å². The summed E-state index contributed by atoms with van der Waals surface area (Å²) in [5, 5.41) is 0. The number of halogens is 2. The van der Waals surface area contributed by atoms with Gasteiger partial charge in [0, 0.05) is 12.2 Å². The predicted octanol–water partition coefficient (Wildman–Crippen LogP) is 1.65. The zero-order valence-corrected chi connectivity index (χ0v) is 9.63. The molecule has 0 aromatic carbocycles. The van der Waals surface area contributed by atoms with Crippen LogP contribution in [0.2, 0.25) is 0 Å². The monoisotopic (exact) mass is 231 g/mol. The normalized spacial score (nSPS) is 21.1. The fraction of sp³-hybridized carbons (Fsp3) is 0.727. The Labute approximate surface area is 95.0 Å². The molecular formula is C11H19F2N3. The zero-order valence-electron chi connectivity index (χ0n) is 9.63. The molecule has 3 nitrogen and oxygen atoms in total. The molecular weight excluding hydrogens is 212 g/mol. The maximum atomic E-state index is 13.6. The summed E-state index contributed by atoms with van der Waals surface area (Å²) < 4.78 is 27.3. The Kier molecular flexibility index (Phi) is 4.56. The minimum Gasteiger partial charge on any atom is -0.328 e. The molecule has 1 aliphatic rings. The first-order valence-electron chi connectivity index (χ1n) is 5.47. The maximum absolute atomic E-state index is 13.6. The molecule has 1 fully saturated rings. The van der Waals surface area contributed by atoms with Crippen molar-refractivity contribution in [1.29, 1.82) is 0 Å². The largest absolute Gasteiger partial charge is 0.328 e. The van der Waals surface area contributed by atoms with Gasteiger partial charge in [0.05, 0.1) is 12.3 Å². The van der Waals surface area contributed by atoms with Crippen molar-refractivity contribution in [1.82, 2.24) is 4.90 Å². The van der Waals surface area contributed by atoms with E-state index in [1.54, 1.807) is 4.90 Å². The molecule has 1 aliphatic heterocycles. The molecule has 0 atom stereocenters. The van der Waals surface area contributed by atoms with Crippen LogP contribution in [0.4, 0.5) is 8.78 Å². The number of likely N-dealkylation sites (tertiary alicyclic amines) is 1. The van der Waals surface area contributed by atoms with Gasteiger partial charge in [-0.3, -0.25) is 9.89 Å². The van der Waals surface area contributed by atoms with Crippen molar-refractivity contribution in [2.24, 2.45) is 10.7 Å². The summed E-state index contributed by atoms with van der Waals surface area (Å²) in [5.74, 6) is -2.88. The molecule has 0 saturated carbocycles. The Morgan fingerprint density at radius 2 is 2.12 bits per heavy atom. The molecule has 0 spiro atoms. The van der Waals surface area contributed by atoms with Crippen LogP contribution in [0.5, 0.6) is 0 Å². The third kappa shape index (κ3) is 3.64. The number of hydrogen-bond donors (Lipinski definition) is 1. The Balaban J connectivity index is 2.52. The quantitative estimate of drug-likeness (QED) is 0.747. The average Bonchev–Trinajstić information content (AvgIpc) is 2.21. The van der Waals surface area contributed by atoms with E-state index < -0.39 is 5.92 Å². The fourth-order valence-electron chi connectivity index (χ4n) is 1.74. The van der Waals surface area contributed by atoms with Gasteiger partial charge in [0.1, 0.15) is 0 Å². The molecule has 92 valence electrons. The van der Waals surface area contributed by atoms with Crippen LogP contribution in [0, 0.1) is 0 Å². The van der Waals surface area contributed by atoms with Crippen molar-refractivity contribution in [3.05, 3.63) is 12.8 Å². The first kappa shape index (κ1) is 13.3. The van der Waals surface area contributed by atoms with E-state index in [9.17, 15) is 8.78 Å². The van der Waals surface area contributed by atoms with Crippen molar-refractivity contribution in [2.75, 3.05) is 19.6 Å². The van der Waals surface area contributed by atoms with Gasteiger partial charge in [-0.25, -0.2) is 0 Å². The van der Waals surface area contributed by atoms with E-state index in [1.807, 2.05) is 0 Å². The van der Waals surface area contributed by atoms with E-state index in [0.717, 1.165) is 19.0 Å². The second-order valence-electron chi connectivity index (χ2n) is 4.22. The molecule has 0 radical (unpaired) electrons. The Morgan fingerprint density at radius 1 is 1.56 bits per heavy atom. The van der Waals surface area contributed by atoms with Crippen molar-refractivity contribution >= 4 is 5.71 Å². The van der Waals surface area contributed by atoms with E-state index in [0.29, 0.717) is 13.1 Å². The summed E-state index contributed by atoms with van der Waals surface area (Å²) in [6, 6.07) is 0.160. The van der Waals surface area contributed by atoms with E-state index in [4.69, 9.17) is 5.73 Å². The van der Waals surface area contributed by atoms with E-state index in [2.05, 4.69) is 11.6 Å². The molecule has 2 N–H and O–H groups in total. The van der Waals surface area contributed by atoms with Crippen LogP contribution in [0.1, 0.15) is 19.8 Å². The van der Waals surface area contributed by atoms with Crippen LogP contribution >= 0.6 is 0 Å². The molecule has 0 aliphatic carbocycles. The van der Waals surface area contributed by atoms with E-state index >= 15 is 0 Å². The molecule has 0 bridgehead atoms. The molecule has 16 heavy (non-hydrogen) atoms. The van der Waals surface area contributed by atoms with E-state index in [-0.39, 0.29) is 18.3 Å². The van der Waals surface area contributed by atoms with Gasteiger partial charge >= 0.3 is 0 Å². The van der Waals surface area contributed by atoms with Crippen LogP contribution in [-0.4, -0.2) is 42.2 Å². The van der Waals surface area contributed by atoms with Crippen LogP contribution in [0.25, 0.3) is 0 Å². The van der Waals surface area contributed by atoms with Crippen molar-refractivity contribution < 1.29 is 8.78 Å². The minimum absolute atomic E-state index is 0.160. The molecule has 0 aromatic heterocycles. The SMILES string of the molecule is C=CN=C(C)C(F)(F)CN1CCC(N)CC1. The number of aliphatic imine (C=N–C) groups is 1. The zero-order chi connectivity index (χ0) is 12.2. The lowest BCUT2D eigenvalue weighted by molar-refractivity contribution is 0.0241. The van der Waals surface area contributed by atoms with Crippen LogP contribution in [0.15, 0.2) is 17.8 Å². The van der Waals surface area contributed by atoms with Crippen molar-refractivity contribution in [2.45, 2.75) is 31.7 Å². The molecule has 1 heterocycles. The number of alkyl halides is 2. The van der Waals surface area contributed by atoms with Crippen LogP contribution in [-0.2, 0) is 0 Å². The van der Waals surface area contributed by atoms with Gasteiger partial charge in [0.25, 0.3) is 5.92 Å². The second kappa shape index (κ2) is 5.50. The van der Waals surface area contributed by atoms with Gasteiger partial charge in [-0.1, -0.05) is 6.58 Å². The number of piperidine rings is 1. The third-order valence-corrected chi connectivity index (χ3v) is 2.87. The van der Waals surface area contributed by atoms with Gasteiger partial charge in [-0.2, -0.15) is 8.78 Å². The Morgan fingerprint density at radius 3 is 2.62 bits per heavy atom. The first-order chi connectivity index (χ1) is 7.45. The van der Waals surface area contributed by atoms with Crippen molar-refractivity contribution in [3.8, 4) is 0 Å². The van der Waals surface area contributed by atoms with Crippen LogP contribution in [0.3, 0.4) is 0 Å². The average molecular weight is 231 g/mol.